The average Bonchev–Trinajstić information content (AvgIpc) is 2.55. The normalized spacial score (nSPS) is 11.9. The molecule has 0 aliphatic rings. The Morgan fingerprint density at radius 2 is 1.57 bits per heavy atom. The fourth-order valence-electron chi connectivity index (χ4n) is 2.06. The molecule has 3 heteroatoms. The molecule has 0 aliphatic heterocycles. The Balaban J connectivity index is 1.81. The van der Waals surface area contributed by atoms with E-state index in [0.717, 1.165) is 11.1 Å². The number of carbonyl (C=O) groups excluding carboxylic acids is 1. The van der Waals surface area contributed by atoms with E-state index in [-0.39, 0.29) is 12.0 Å². The van der Waals surface area contributed by atoms with Crippen molar-refractivity contribution in [2.24, 2.45) is 0 Å². The van der Waals surface area contributed by atoms with E-state index >= 15 is 0 Å². The van der Waals surface area contributed by atoms with Crippen molar-refractivity contribution in [1.29, 1.82) is 0 Å². The lowest BCUT2D eigenvalue weighted by molar-refractivity contribution is -0.147. The van der Waals surface area contributed by atoms with E-state index in [0.29, 0.717) is 19.6 Å². The highest BCUT2D eigenvalue weighted by atomic mass is 16.5. The van der Waals surface area contributed by atoms with Crippen LogP contribution in [-0.2, 0) is 22.7 Å². The Labute approximate surface area is 126 Å². The van der Waals surface area contributed by atoms with E-state index < -0.39 is 0 Å². The molecule has 0 amide bonds. The third-order valence-corrected chi connectivity index (χ3v) is 3.31. The van der Waals surface area contributed by atoms with E-state index in [1.165, 1.54) is 0 Å². The van der Waals surface area contributed by atoms with Crippen molar-refractivity contribution in [3.63, 3.8) is 0 Å². The molecule has 0 fully saturated rings. The maximum Gasteiger partial charge on any atom is 0.323 e. The van der Waals surface area contributed by atoms with E-state index in [2.05, 4.69) is 5.32 Å². The number of hydrogen-bond donors (Lipinski definition) is 1. The molecule has 110 valence electrons. The highest BCUT2D eigenvalue weighted by Crippen LogP contribution is 2.05. The highest BCUT2D eigenvalue weighted by molar-refractivity contribution is 5.75. The van der Waals surface area contributed by atoms with Crippen molar-refractivity contribution >= 4 is 5.97 Å². The van der Waals surface area contributed by atoms with Crippen molar-refractivity contribution in [3.05, 3.63) is 71.8 Å². The van der Waals surface area contributed by atoms with Crippen molar-refractivity contribution in [3.8, 4) is 0 Å². The summed E-state index contributed by atoms with van der Waals surface area (Å²) >= 11 is 0. The molecule has 0 aromatic heterocycles. The van der Waals surface area contributed by atoms with Crippen molar-refractivity contribution in [2.75, 3.05) is 0 Å². The van der Waals surface area contributed by atoms with Gasteiger partial charge in [0.25, 0.3) is 0 Å². The summed E-state index contributed by atoms with van der Waals surface area (Å²) in [6.45, 7) is 2.97. The molecule has 2 rings (SSSR count). The SMILES string of the molecule is CC[C@H](NCc1ccccc1)C(=O)OCc1ccccc1. The van der Waals surface area contributed by atoms with E-state index in [9.17, 15) is 4.79 Å². The van der Waals surface area contributed by atoms with Crippen LogP contribution in [0, 0.1) is 0 Å². The highest BCUT2D eigenvalue weighted by Gasteiger charge is 2.17. The van der Waals surface area contributed by atoms with Gasteiger partial charge in [0.15, 0.2) is 0 Å². The van der Waals surface area contributed by atoms with Crippen LogP contribution in [0.1, 0.15) is 24.5 Å². The summed E-state index contributed by atoms with van der Waals surface area (Å²) in [4.78, 5) is 12.1. The fraction of sp³-hybridized carbons (Fsp3) is 0.278. The lowest BCUT2D eigenvalue weighted by Crippen LogP contribution is -2.37. The first-order valence-corrected chi connectivity index (χ1v) is 7.27. The Bertz CT molecular complexity index is 540. The molecule has 0 bridgehead atoms. The standard InChI is InChI=1S/C18H21NO2/c1-2-17(19-13-15-9-5-3-6-10-15)18(20)21-14-16-11-7-4-8-12-16/h3-12,17,19H,2,13-14H2,1H3/t17-/m0/s1. The van der Waals surface area contributed by atoms with Crippen LogP contribution < -0.4 is 5.32 Å². The molecule has 1 N–H and O–H groups in total. The molecule has 0 aliphatic carbocycles. The molecule has 0 radical (unpaired) electrons. The number of esters is 1. The number of benzene rings is 2. The maximum atomic E-state index is 12.1. The number of carbonyl (C=O) groups is 1. The van der Waals surface area contributed by atoms with Gasteiger partial charge in [-0.05, 0) is 17.5 Å². The van der Waals surface area contributed by atoms with Gasteiger partial charge in [-0.25, -0.2) is 0 Å². The molecule has 0 spiro atoms. The molecule has 3 nitrogen and oxygen atoms in total. The van der Waals surface area contributed by atoms with Gasteiger partial charge < -0.3 is 10.1 Å². The third kappa shape index (κ3) is 5.04. The zero-order valence-electron chi connectivity index (χ0n) is 12.3. The van der Waals surface area contributed by atoms with E-state index in [4.69, 9.17) is 4.74 Å². The van der Waals surface area contributed by atoms with Crippen LogP contribution in [0.5, 0.6) is 0 Å². The minimum absolute atomic E-state index is 0.197. The molecule has 1 atom stereocenters. The van der Waals surface area contributed by atoms with Gasteiger partial charge in [0, 0.05) is 6.54 Å². The fourth-order valence-corrected chi connectivity index (χ4v) is 2.06. The largest absolute Gasteiger partial charge is 0.460 e. The first kappa shape index (κ1) is 15.3. The number of nitrogens with one attached hydrogen (secondary N) is 1. The Morgan fingerprint density at radius 1 is 1.00 bits per heavy atom. The van der Waals surface area contributed by atoms with Crippen LogP contribution in [0.15, 0.2) is 60.7 Å². The molecule has 0 heterocycles. The summed E-state index contributed by atoms with van der Waals surface area (Å²) in [5, 5.41) is 3.25. The van der Waals surface area contributed by atoms with Crippen LogP contribution in [0.3, 0.4) is 0 Å². The first-order valence-electron chi connectivity index (χ1n) is 7.27. The van der Waals surface area contributed by atoms with Gasteiger partial charge in [-0.15, -0.1) is 0 Å². The van der Waals surface area contributed by atoms with Crippen LogP contribution in [0.2, 0.25) is 0 Å². The molecular formula is C18H21NO2. The van der Waals surface area contributed by atoms with E-state index in [1.54, 1.807) is 0 Å². The number of rotatable bonds is 7. The molecule has 2 aromatic rings. The quantitative estimate of drug-likeness (QED) is 0.792. The summed E-state index contributed by atoms with van der Waals surface area (Å²) in [5.74, 6) is -0.197. The predicted molar refractivity (Wildman–Crippen MR) is 83.6 cm³/mol. The van der Waals surface area contributed by atoms with Crippen LogP contribution in [-0.4, -0.2) is 12.0 Å². The number of hydrogen-bond acceptors (Lipinski definition) is 3. The Hall–Kier alpha value is -2.13. The second-order valence-electron chi connectivity index (χ2n) is 4.92. The summed E-state index contributed by atoms with van der Waals surface area (Å²) in [5.41, 5.74) is 2.16. The van der Waals surface area contributed by atoms with Gasteiger partial charge in [-0.1, -0.05) is 67.6 Å². The summed E-state index contributed by atoms with van der Waals surface area (Å²) in [7, 11) is 0. The Morgan fingerprint density at radius 3 is 2.14 bits per heavy atom. The van der Waals surface area contributed by atoms with Gasteiger partial charge >= 0.3 is 5.97 Å². The van der Waals surface area contributed by atoms with Gasteiger partial charge in [-0.2, -0.15) is 0 Å². The molecule has 2 aromatic carbocycles. The molecule has 0 saturated heterocycles. The molecular weight excluding hydrogens is 262 g/mol. The maximum absolute atomic E-state index is 12.1. The van der Waals surface area contributed by atoms with Crippen LogP contribution >= 0.6 is 0 Å². The van der Waals surface area contributed by atoms with Crippen LogP contribution in [0.25, 0.3) is 0 Å². The third-order valence-electron chi connectivity index (χ3n) is 3.31. The van der Waals surface area contributed by atoms with Crippen molar-refractivity contribution in [1.82, 2.24) is 5.32 Å². The zero-order chi connectivity index (χ0) is 14.9. The number of ether oxygens (including phenoxy) is 1. The van der Waals surface area contributed by atoms with Crippen molar-refractivity contribution in [2.45, 2.75) is 32.5 Å². The minimum atomic E-state index is -0.270. The topological polar surface area (TPSA) is 38.3 Å². The average molecular weight is 283 g/mol. The second kappa shape index (κ2) is 8.22. The van der Waals surface area contributed by atoms with Crippen molar-refractivity contribution < 1.29 is 9.53 Å². The predicted octanol–water partition coefficient (Wildman–Crippen LogP) is 3.30. The summed E-state index contributed by atoms with van der Waals surface area (Å²) < 4.78 is 5.37. The van der Waals surface area contributed by atoms with Gasteiger partial charge in [0.2, 0.25) is 0 Å². The second-order valence-corrected chi connectivity index (χ2v) is 4.92. The minimum Gasteiger partial charge on any atom is -0.460 e. The van der Waals surface area contributed by atoms with E-state index in [1.807, 2.05) is 67.6 Å². The Kier molecular flexibility index (Phi) is 5.98. The smallest absolute Gasteiger partial charge is 0.323 e. The molecule has 0 saturated carbocycles. The van der Waals surface area contributed by atoms with Crippen LogP contribution in [0.4, 0.5) is 0 Å². The molecule has 0 unspecified atom stereocenters. The monoisotopic (exact) mass is 283 g/mol. The van der Waals surface area contributed by atoms with Gasteiger partial charge in [-0.3, -0.25) is 4.79 Å². The molecule has 21 heavy (non-hydrogen) atoms. The van der Waals surface area contributed by atoms with Gasteiger partial charge in [0.1, 0.15) is 12.6 Å². The first-order chi connectivity index (χ1) is 10.3. The summed E-state index contributed by atoms with van der Waals surface area (Å²) in [6, 6.07) is 19.5. The lowest BCUT2D eigenvalue weighted by Gasteiger charge is -2.16. The summed E-state index contributed by atoms with van der Waals surface area (Å²) in [6.07, 6.45) is 0.709. The van der Waals surface area contributed by atoms with Gasteiger partial charge in [0.05, 0.1) is 0 Å². The lowest BCUT2D eigenvalue weighted by atomic mass is 10.2. The zero-order valence-corrected chi connectivity index (χ0v) is 12.3.